The van der Waals surface area contributed by atoms with Crippen LogP contribution in [0.4, 0.5) is 11.4 Å². The summed E-state index contributed by atoms with van der Waals surface area (Å²) in [4.78, 5) is 13.0. The topological polar surface area (TPSA) is 114 Å². The average molecular weight is 410 g/mol. The van der Waals surface area contributed by atoms with Crippen LogP contribution in [0.5, 0.6) is 5.75 Å². The van der Waals surface area contributed by atoms with Gasteiger partial charge >= 0.3 is 0 Å². The second-order valence-electron chi connectivity index (χ2n) is 7.11. The Morgan fingerprint density at radius 1 is 0.968 bits per heavy atom. The molecule has 0 aliphatic rings. The monoisotopic (exact) mass is 410 g/mol. The number of ether oxygens (including phenoxy) is 1. The van der Waals surface area contributed by atoms with Crippen LogP contribution in [-0.4, -0.2) is 18.9 Å². The number of amides is 1. The van der Waals surface area contributed by atoms with Crippen LogP contribution in [0.2, 0.25) is 0 Å². The number of carbonyl (C=O) groups is 1. The van der Waals surface area contributed by atoms with Gasteiger partial charge in [-0.3, -0.25) is 10.2 Å². The predicted octanol–water partition coefficient (Wildman–Crippen LogP) is 4.63. The first-order chi connectivity index (χ1) is 15.0. The van der Waals surface area contributed by atoms with Crippen LogP contribution >= 0.6 is 0 Å². The average Bonchev–Trinajstić information content (AvgIpc) is 2.78. The summed E-state index contributed by atoms with van der Waals surface area (Å²) in [6, 6.07) is 24.0. The predicted molar refractivity (Wildman–Crippen MR) is 126 cm³/mol. The minimum atomic E-state index is -0.208. The van der Waals surface area contributed by atoms with Gasteiger partial charge in [0.1, 0.15) is 11.6 Å². The Balaban J connectivity index is 1.73. The molecule has 1 amide bonds. The Hall–Kier alpha value is -4.32. The largest absolute Gasteiger partial charge is 0.497 e. The number of carbonyl (C=O) groups excluding carboxylic acids is 1. The van der Waals surface area contributed by atoms with E-state index in [1.165, 1.54) is 0 Å². The van der Waals surface area contributed by atoms with E-state index < -0.39 is 0 Å². The van der Waals surface area contributed by atoms with Crippen molar-refractivity contribution in [3.8, 4) is 16.9 Å². The molecule has 0 saturated carbocycles. The van der Waals surface area contributed by atoms with E-state index >= 15 is 0 Å². The van der Waals surface area contributed by atoms with Crippen molar-refractivity contribution < 1.29 is 9.53 Å². The molecule has 4 aromatic carbocycles. The van der Waals surface area contributed by atoms with Gasteiger partial charge in [0.15, 0.2) is 0 Å². The van der Waals surface area contributed by atoms with E-state index in [1.54, 1.807) is 25.3 Å². The Labute approximate surface area is 180 Å². The Morgan fingerprint density at radius 2 is 1.74 bits per heavy atom. The third kappa shape index (κ3) is 3.91. The number of rotatable bonds is 5. The first kappa shape index (κ1) is 20.0. The minimum Gasteiger partial charge on any atom is -0.497 e. The molecule has 0 radical (unpaired) electrons. The molecular formula is C25H22N4O2. The number of nitrogen functional groups attached to an aromatic ring is 2. The normalized spacial score (nSPS) is 10.6. The minimum absolute atomic E-state index is 0.0837. The summed E-state index contributed by atoms with van der Waals surface area (Å²) in [6.07, 6.45) is 0. The van der Waals surface area contributed by atoms with Crippen molar-refractivity contribution in [1.82, 2.24) is 0 Å². The van der Waals surface area contributed by atoms with Gasteiger partial charge in [-0.1, -0.05) is 42.5 Å². The van der Waals surface area contributed by atoms with Crippen LogP contribution in [0, 0.1) is 5.41 Å². The van der Waals surface area contributed by atoms with E-state index in [0.29, 0.717) is 28.3 Å². The van der Waals surface area contributed by atoms with Gasteiger partial charge in [-0.15, -0.1) is 0 Å². The van der Waals surface area contributed by atoms with Crippen LogP contribution in [-0.2, 0) is 0 Å². The number of fused-ring (bicyclic) bond motifs is 1. The molecule has 0 aliphatic carbocycles. The molecule has 6 N–H and O–H groups in total. The van der Waals surface area contributed by atoms with Crippen LogP contribution in [0.15, 0.2) is 78.9 Å². The summed E-state index contributed by atoms with van der Waals surface area (Å²) in [5, 5.41) is 12.5. The molecule has 31 heavy (non-hydrogen) atoms. The summed E-state index contributed by atoms with van der Waals surface area (Å²) >= 11 is 0. The molecule has 0 fully saturated rings. The second kappa shape index (κ2) is 8.20. The molecule has 0 saturated heterocycles. The van der Waals surface area contributed by atoms with Crippen molar-refractivity contribution in [3.63, 3.8) is 0 Å². The third-order valence-corrected chi connectivity index (χ3v) is 5.13. The molecule has 6 heteroatoms. The fourth-order valence-corrected chi connectivity index (χ4v) is 3.66. The van der Waals surface area contributed by atoms with E-state index in [-0.39, 0.29) is 11.7 Å². The van der Waals surface area contributed by atoms with Crippen molar-refractivity contribution in [3.05, 3.63) is 90.0 Å². The SMILES string of the molecule is COc1cccc(NC(=O)c2cccc3cc(-c4cccc(N)c4C(=N)N)ccc23)c1. The highest BCUT2D eigenvalue weighted by Crippen LogP contribution is 2.31. The van der Waals surface area contributed by atoms with Gasteiger partial charge in [-0.25, -0.2) is 0 Å². The van der Waals surface area contributed by atoms with E-state index in [9.17, 15) is 4.79 Å². The Bertz CT molecular complexity index is 1310. The number of amidine groups is 1. The standard InChI is InChI=1S/C25H22N4O2/c1-31-18-7-3-6-17(14-18)29-25(30)21-9-2-5-15-13-16(11-12-19(15)21)20-8-4-10-22(26)23(20)24(27)28/h2-14H,26H2,1H3,(H3,27,28)(H,29,30). The molecule has 4 aromatic rings. The molecule has 154 valence electrons. The fourth-order valence-electron chi connectivity index (χ4n) is 3.66. The van der Waals surface area contributed by atoms with Gasteiger partial charge in [-0.05, 0) is 52.2 Å². The Kier molecular flexibility index (Phi) is 5.28. The van der Waals surface area contributed by atoms with Gasteiger partial charge in [0, 0.05) is 28.6 Å². The number of hydrogen-bond donors (Lipinski definition) is 4. The highest BCUT2D eigenvalue weighted by molar-refractivity contribution is 6.14. The molecule has 0 aromatic heterocycles. The molecule has 0 unspecified atom stereocenters. The maximum Gasteiger partial charge on any atom is 0.256 e. The maximum absolute atomic E-state index is 13.0. The summed E-state index contributed by atoms with van der Waals surface area (Å²) in [5.74, 6) is 0.378. The lowest BCUT2D eigenvalue weighted by Crippen LogP contribution is -2.15. The number of anilines is 2. The van der Waals surface area contributed by atoms with Crippen molar-refractivity contribution >= 4 is 33.9 Å². The number of nitrogens with two attached hydrogens (primary N) is 2. The summed E-state index contributed by atoms with van der Waals surface area (Å²) in [6.45, 7) is 0. The highest BCUT2D eigenvalue weighted by Gasteiger charge is 2.14. The number of benzene rings is 4. The fraction of sp³-hybridized carbons (Fsp3) is 0.0400. The zero-order chi connectivity index (χ0) is 22.0. The zero-order valence-corrected chi connectivity index (χ0v) is 17.0. The first-order valence-electron chi connectivity index (χ1n) is 9.69. The maximum atomic E-state index is 13.0. The quantitative estimate of drug-likeness (QED) is 0.218. The van der Waals surface area contributed by atoms with Crippen LogP contribution < -0.4 is 21.5 Å². The molecule has 0 heterocycles. The lowest BCUT2D eigenvalue weighted by Gasteiger charge is -2.13. The van der Waals surface area contributed by atoms with Gasteiger partial charge in [0.05, 0.1) is 7.11 Å². The lowest BCUT2D eigenvalue weighted by molar-refractivity contribution is 0.102. The molecule has 4 rings (SSSR count). The van der Waals surface area contributed by atoms with Crippen LogP contribution in [0.1, 0.15) is 15.9 Å². The second-order valence-corrected chi connectivity index (χ2v) is 7.11. The number of nitrogens with one attached hydrogen (secondary N) is 2. The van der Waals surface area contributed by atoms with Crippen molar-refractivity contribution in [2.24, 2.45) is 5.73 Å². The number of methoxy groups -OCH3 is 1. The van der Waals surface area contributed by atoms with Crippen LogP contribution in [0.25, 0.3) is 21.9 Å². The Morgan fingerprint density at radius 3 is 2.52 bits per heavy atom. The summed E-state index contributed by atoms with van der Waals surface area (Å²) in [5.41, 5.74) is 15.6. The molecule has 6 nitrogen and oxygen atoms in total. The molecule has 0 atom stereocenters. The summed E-state index contributed by atoms with van der Waals surface area (Å²) in [7, 11) is 1.58. The van der Waals surface area contributed by atoms with Gasteiger partial charge in [0.2, 0.25) is 0 Å². The van der Waals surface area contributed by atoms with E-state index in [0.717, 1.165) is 21.9 Å². The van der Waals surface area contributed by atoms with Gasteiger partial charge < -0.3 is 21.5 Å². The van der Waals surface area contributed by atoms with Crippen molar-refractivity contribution in [2.45, 2.75) is 0 Å². The van der Waals surface area contributed by atoms with E-state index in [1.807, 2.05) is 60.7 Å². The van der Waals surface area contributed by atoms with Crippen molar-refractivity contribution in [1.29, 1.82) is 5.41 Å². The number of hydrogen-bond acceptors (Lipinski definition) is 4. The molecule has 0 bridgehead atoms. The van der Waals surface area contributed by atoms with E-state index in [4.69, 9.17) is 21.6 Å². The van der Waals surface area contributed by atoms with E-state index in [2.05, 4.69) is 5.32 Å². The lowest BCUT2D eigenvalue weighted by atomic mass is 9.94. The zero-order valence-electron chi connectivity index (χ0n) is 17.0. The van der Waals surface area contributed by atoms with Gasteiger partial charge in [-0.2, -0.15) is 0 Å². The third-order valence-electron chi connectivity index (χ3n) is 5.13. The van der Waals surface area contributed by atoms with Crippen LogP contribution in [0.3, 0.4) is 0 Å². The highest BCUT2D eigenvalue weighted by atomic mass is 16.5. The first-order valence-corrected chi connectivity index (χ1v) is 9.69. The summed E-state index contributed by atoms with van der Waals surface area (Å²) < 4.78 is 5.22. The molecule has 0 spiro atoms. The molecular weight excluding hydrogens is 388 g/mol. The smallest absolute Gasteiger partial charge is 0.256 e. The van der Waals surface area contributed by atoms with Crippen molar-refractivity contribution in [2.75, 3.05) is 18.2 Å². The molecule has 0 aliphatic heterocycles. The van der Waals surface area contributed by atoms with Gasteiger partial charge in [0.25, 0.3) is 5.91 Å².